The summed E-state index contributed by atoms with van der Waals surface area (Å²) in [5, 5.41) is 10.2. The second-order valence-corrected chi connectivity index (χ2v) is 5.01. The van der Waals surface area contributed by atoms with Crippen molar-refractivity contribution in [2.45, 2.75) is 31.2 Å². The number of carbonyl (C=O) groups excluding carboxylic acids is 1. The van der Waals surface area contributed by atoms with Crippen LogP contribution in [0.2, 0.25) is 0 Å². The third-order valence-corrected chi connectivity index (χ3v) is 4.39. The Balaban J connectivity index is 1.91. The third kappa shape index (κ3) is 0.968. The van der Waals surface area contributed by atoms with Crippen LogP contribution < -0.4 is 0 Å². The first-order valence-corrected chi connectivity index (χ1v) is 5.41. The fraction of sp³-hybridized carbons (Fsp3) is 0.727. The van der Waals surface area contributed by atoms with E-state index in [1.54, 1.807) is 0 Å². The largest absolute Gasteiger partial charge is 0.462 e. The number of rotatable bonds is 1. The maximum Gasteiger partial charge on any atom is 0.401 e. The van der Waals surface area contributed by atoms with Gasteiger partial charge >= 0.3 is 12.1 Å². The zero-order valence-corrected chi connectivity index (χ0v) is 8.99. The molecule has 0 spiro atoms. The van der Waals surface area contributed by atoms with E-state index in [-0.39, 0.29) is 6.42 Å². The fourth-order valence-electron chi connectivity index (χ4n) is 3.75. The van der Waals surface area contributed by atoms with Crippen molar-refractivity contribution < 1.29 is 27.8 Å². The number of esters is 1. The molecule has 3 aliphatic carbocycles. The van der Waals surface area contributed by atoms with Crippen LogP contribution in [0.5, 0.6) is 0 Å². The summed E-state index contributed by atoms with van der Waals surface area (Å²) in [5.74, 6) is -2.12. The first-order chi connectivity index (χ1) is 7.75. The molecular weight excluding hydrogens is 237 g/mol. The zero-order valence-electron chi connectivity index (χ0n) is 8.99. The van der Waals surface area contributed by atoms with Crippen LogP contribution in [0.3, 0.4) is 0 Å². The van der Waals surface area contributed by atoms with Crippen LogP contribution in [0.4, 0.5) is 13.2 Å². The number of alkyl halides is 3. The maximum atomic E-state index is 13.0. The van der Waals surface area contributed by atoms with Gasteiger partial charge in [0.1, 0.15) is 11.5 Å². The van der Waals surface area contributed by atoms with Crippen LogP contribution in [0.25, 0.3) is 0 Å². The lowest BCUT2D eigenvalue weighted by Gasteiger charge is -2.25. The molecule has 17 heavy (non-hydrogen) atoms. The standard InChI is InChI=1S/C11H11F3O3/c1-5(15)17-7-4-8-9(11(12,13)14)3-2-6(7)10(8,9)16/h2-3,6-8,16H,4H2,1H3/t6?,7-,8-,9-,10+/m0/s1. The van der Waals surface area contributed by atoms with Gasteiger partial charge in [0.15, 0.2) is 0 Å². The second kappa shape index (κ2) is 2.68. The molecule has 2 fully saturated rings. The van der Waals surface area contributed by atoms with E-state index in [1.165, 1.54) is 13.0 Å². The fourth-order valence-corrected chi connectivity index (χ4v) is 3.75. The quantitative estimate of drug-likeness (QED) is 0.564. The van der Waals surface area contributed by atoms with E-state index in [9.17, 15) is 23.1 Å². The smallest absolute Gasteiger partial charge is 0.401 e. The number of carbonyl (C=O) groups is 1. The Kier molecular flexibility index (Phi) is 1.75. The lowest BCUT2D eigenvalue weighted by Crippen LogP contribution is -2.38. The van der Waals surface area contributed by atoms with Gasteiger partial charge in [0, 0.05) is 18.8 Å². The number of halogens is 3. The average Bonchev–Trinajstić information content (AvgIpc) is 2.42. The van der Waals surface area contributed by atoms with E-state index < -0.39 is 41.1 Å². The predicted octanol–water partition coefficient (Wildman–Crippen LogP) is 1.42. The topological polar surface area (TPSA) is 46.5 Å². The zero-order chi connectivity index (χ0) is 12.6. The highest BCUT2D eigenvalue weighted by Crippen LogP contribution is 2.81. The summed E-state index contributed by atoms with van der Waals surface area (Å²) in [4.78, 5) is 10.8. The summed E-state index contributed by atoms with van der Waals surface area (Å²) < 4.78 is 43.8. The number of hydrogen-bond donors (Lipinski definition) is 1. The van der Waals surface area contributed by atoms with Crippen molar-refractivity contribution in [3.8, 4) is 0 Å². The number of hydrogen-bond acceptors (Lipinski definition) is 3. The van der Waals surface area contributed by atoms with Gasteiger partial charge in [-0.05, 0) is 6.42 Å². The van der Waals surface area contributed by atoms with Crippen molar-refractivity contribution in [2.75, 3.05) is 0 Å². The normalized spacial score (nSPS) is 50.3. The van der Waals surface area contributed by atoms with Crippen LogP contribution in [0.1, 0.15) is 13.3 Å². The first kappa shape index (κ1) is 11.1. The van der Waals surface area contributed by atoms with Crippen molar-refractivity contribution in [2.24, 2.45) is 17.3 Å². The summed E-state index contributed by atoms with van der Waals surface area (Å²) in [7, 11) is 0. The van der Waals surface area contributed by atoms with E-state index in [1.807, 2.05) is 0 Å². The van der Waals surface area contributed by atoms with Crippen LogP contribution in [-0.2, 0) is 9.53 Å². The monoisotopic (exact) mass is 248 g/mol. The van der Waals surface area contributed by atoms with Crippen LogP contribution >= 0.6 is 0 Å². The average molecular weight is 248 g/mol. The SMILES string of the molecule is CC(=O)O[C@H]1C[C@@H]2[C@]3(O)C1C=C[C@]23C(F)(F)F. The molecule has 0 bridgehead atoms. The summed E-state index contributed by atoms with van der Waals surface area (Å²) in [6.07, 6.45) is -2.61. The molecule has 0 radical (unpaired) electrons. The lowest BCUT2D eigenvalue weighted by atomic mass is 9.93. The highest BCUT2D eigenvalue weighted by Gasteiger charge is 2.93. The van der Waals surface area contributed by atoms with Gasteiger partial charge in [-0.15, -0.1) is 0 Å². The van der Waals surface area contributed by atoms with Gasteiger partial charge in [-0.1, -0.05) is 12.2 Å². The molecule has 3 rings (SSSR count). The minimum absolute atomic E-state index is 0.0766. The minimum atomic E-state index is -4.45. The molecule has 0 heterocycles. The minimum Gasteiger partial charge on any atom is -0.462 e. The van der Waals surface area contributed by atoms with Gasteiger partial charge < -0.3 is 9.84 Å². The summed E-state index contributed by atoms with van der Waals surface area (Å²) in [5.41, 5.74) is -3.88. The highest BCUT2D eigenvalue weighted by molar-refractivity contribution is 5.66. The van der Waals surface area contributed by atoms with Gasteiger partial charge in [-0.25, -0.2) is 0 Å². The Hall–Kier alpha value is -1.04. The summed E-state index contributed by atoms with van der Waals surface area (Å²) in [6.45, 7) is 1.21. The Labute approximate surface area is 95.2 Å². The van der Waals surface area contributed by atoms with E-state index >= 15 is 0 Å². The highest BCUT2D eigenvalue weighted by atomic mass is 19.4. The molecule has 2 saturated carbocycles. The maximum absolute atomic E-state index is 13.0. The van der Waals surface area contributed by atoms with Crippen molar-refractivity contribution in [1.82, 2.24) is 0 Å². The van der Waals surface area contributed by atoms with Gasteiger partial charge in [-0.3, -0.25) is 4.79 Å². The van der Waals surface area contributed by atoms with Crippen molar-refractivity contribution in [1.29, 1.82) is 0 Å². The molecule has 0 aliphatic heterocycles. The van der Waals surface area contributed by atoms with Gasteiger partial charge in [0.25, 0.3) is 0 Å². The third-order valence-electron chi connectivity index (χ3n) is 4.39. The first-order valence-electron chi connectivity index (χ1n) is 5.41. The number of ether oxygens (including phenoxy) is 1. The Morgan fingerprint density at radius 1 is 1.53 bits per heavy atom. The van der Waals surface area contributed by atoms with E-state index in [0.717, 1.165) is 6.08 Å². The summed E-state index contributed by atoms with van der Waals surface area (Å²) in [6, 6.07) is 0. The van der Waals surface area contributed by atoms with Crippen LogP contribution in [-0.4, -0.2) is 29.0 Å². The van der Waals surface area contributed by atoms with Crippen LogP contribution in [0, 0.1) is 17.3 Å². The number of aliphatic hydroxyl groups is 1. The van der Waals surface area contributed by atoms with E-state index in [2.05, 4.69) is 0 Å². The van der Waals surface area contributed by atoms with Gasteiger partial charge in [0.2, 0.25) is 0 Å². The van der Waals surface area contributed by atoms with Crippen molar-refractivity contribution >= 4 is 5.97 Å². The van der Waals surface area contributed by atoms with Gasteiger partial charge in [-0.2, -0.15) is 13.2 Å². The van der Waals surface area contributed by atoms with Gasteiger partial charge in [0.05, 0.1) is 5.60 Å². The Morgan fingerprint density at radius 2 is 2.18 bits per heavy atom. The Morgan fingerprint density at radius 3 is 2.65 bits per heavy atom. The molecular formula is C11H11F3O3. The van der Waals surface area contributed by atoms with Crippen molar-refractivity contribution in [3.05, 3.63) is 12.2 Å². The molecule has 0 aromatic heterocycles. The molecule has 0 aromatic carbocycles. The second-order valence-electron chi connectivity index (χ2n) is 5.01. The number of fused-ring (bicyclic) bond motifs is 1. The van der Waals surface area contributed by atoms with Crippen molar-refractivity contribution in [3.63, 3.8) is 0 Å². The van der Waals surface area contributed by atoms with Crippen LogP contribution in [0.15, 0.2) is 12.2 Å². The van der Waals surface area contributed by atoms with E-state index in [4.69, 9.17) is 4.74 Å². The predicted molar refractivity (Wildman–Crippen MR) is 49.7 cm³/mol. The molecule has 3 aliphatic rings. The molecule has 3 nitrogen and oxygen atoms in total. The molecule has 1 N–H and O–H groups in total. The molecule has 5 atom stereocenters. The summed E-state index contributed by atoms with van der Waals surface area (Å²) >= 11 is 0. The molecule has 0 aromatic rings. The molecule has 94 valence electrons. The van der Waals surface area contributed by atoms with E-state index in [0.29, 0.717) is 0 Å². The molecule has 0 amide bonds. The molecule has 0 saturated heterocycles. The molecule has 6 heteroatoms. The molecule has 1 unspecified atom stereocenters. The lowest BCUT2D eigenvalue weighted by molar-refractivity contribution is -0.199. The Bertz CT molecular complexity index is 430.